The topological polar surface area (TPSA) is 55.1 Å². The smallest absolute Gasteiger partial charge is 0.303 e. The lowest BCUT2D eigenvalue weighted by Gasteiger charge is -2.03. The number of imidazole rings is 1. The fraction of sp³-hybridized carbons (Fsp3) is 0.231. The number of carboxylic acid groups (broad SMARTS) is 1. The maximum atomic E-state index is 10.5. The zero-order valence-corrected chi connectivity index (χ0v) is 10.7. The highest BCUT2D eigenvalue weighted by Crippen LogP contribution is 2.16. The highest BCUT2D eigenvalue weighted by molar-refractivity contribution is 6.30. The van der Waals surface area contributed by atoms with E-state index in [9.17, 15) is 4.79 Å². The molecule has 2 aromatic rings. The van der Waals surface area contributed by atoms with Gasteiger partial charge in [-0.1, -0.05) is 11.6 Å². The first-order valence-electron chi connectivity index (χ1n) is 5.59. The van der Waals surface area contributed by atoms with Crippen LogP contribution in [0.5, 0.6) is 0 Å². The summed E-state index contributed by atoms with van der Waals surface area (Å²) in [5, 5.41) is 9.33. The number of rotatable bonds is 4. The van der Waals surface area contributed by atoms with Gasteiger partial charge in [0.05, 0.1) is 12.1 Å². The van der Waals surface area contributed by atoms with Crippen molar-refractivity contribution < 1.29 is 9.90 Å². The average molecular weight is 265 g/mol. The van der Waals surface area contributed by atoms with E-state index in [2.05, 4.69) is 4.98 Å². The molecule has 0 spiro atoms. The molecule has 94 valence electrons. The van der Waals surface area contributed by atoms with Crippen LogP contribution in [0.1, 0.15) is 17.9 Å². The van der Waals surface area contributed by atoms with Crippen molar-refractivity contribution in [3.05, 3.63) is 47.0 Å². The Labute approximate surface area is 110 Å². The summed E-state index contributed by atoms with van der Waals surface area (Å²) in [6.07, 6.45) is 2.40. The summed E-state index contributed by atoms with van der Waals surface area (Å²) in [6.45, 7) is 1.89. The van der Waals surface area contributed by atoms with Gasteiger partial charge in [-0.2, -0.15) is 0 Å². The summed E-state index contributed by atoms with van der Waals surface area (Å²) in [5.41, 5.74) is 1.75. The molecule has 0 atom stereocenters. The number of nitrogens with zero attached hydrogens (tertiary/aromatic N) is 2. The lowest BCUT2D eigenvalue weighted by molar-refractivity contribution is -0.136. The average Bonchev–Trinajstić information content (AvgIpc) is 2.69. The molecular weight excluding hydrogens is 252 g/mol. The highest BCUT2D eigenvalue weighted by atomic mass is 35.5. The van der Waals surface area contributed by atoms with E-state index in [-0.39, 0.29) is 6.42 Å². The zero-order valence-electron chi connectivity index (χ0n) is 9.93. The van der Waals surface area contributed by atoms with Crippen LogP contribution in [-0.2, 0) is 11.2 Å². The van der Waals surface area contributed by atoms with Crippen molar-refractivity contribution in [2.45, 2.75) is 19.8 Å². The van der Waals surface area contributed by atoms with Crippen molar-refractivity contribution in [3.63, 3.8) is 0 Å². The number of hydrogen-bond acceptors (Lipinski definition) is 2. The van der Waals surface area contributed by atoms with Crippen molar-refractivity contribution in [3.8, 4) is 5.69 Å². The van der Waals surface area contributed by atoms with Crippen LogP contribution >= 0.6 is 11.6 Å². The van der Waals surface area contributed by atoms with E-state index in [1.54, 1.807) is 0 Å². The van der Waals surface area contributed by atoms with Gasteiger partial charge < -0.3 is 9.67 Å². The molecule has 0 amide bonds. The maximum Gasteiger partial charge on any atom is 0.303 e. The minimum absolute atomic E-state index is 0.0943. The Balaban J connectivity index is 2.23. The van der Waals surface area contributed by atoms with Crippen LogP contribution in [0, 0.1) is 6.92 Å². The number of carbonyl (C=O) groups is 1. The second-order valence-corrected chi connectivity index (χ2v) is 4.46. The summed E-state index contributed by atoms with van der Waals surface area (Å²) >= 11 is 5.84. The number of hydrogen-bond donors (Lipinski definition) is 1. The molecule has 4 nitrogen and oxygen atoms in total. The fourth-order valence-electron chi connectivity index (χ4n) is 1.75. The van der Waals surface area contributed by atoms with Crippen LogP contribution < -0.4 is 0 Å². The number of aryl methyl sites for hydroxylation is 2. The van der Waals surface area contributed by atoms with Crippen LogP contribution in [0.4, 0.5) is 0 Å². The standard InChI is InChI=1S/C13H13ClN2O2/c1-9-15-11(4-7-13(17)18)8-16(9)12-5-2-10(14)3-6-12/h2-3,5-6,8H,4,7H2,1H3,(H,17,18). The van der Waals surface area contributed by atoms with Gasteiger partial charge in [-0.15, -0.1) is 0 Å². The number of carboxylic acids is 1. The molecule has 1 N–H and O–H groups in total. The van der Waals surface area contributed by atoms with E-state index in [1.165, 1.54) is 0 Å². The quantitative estimate of drug-likeness (QED) is 0.924. The van der Waals surface area contributed by atoms with Crippen molar-refractivity contribution in [1.82, 2.24) is 9.55 Å². The fourth-order valence-corrected chi connectivity index (χ4v) is 1.88. The Kier molecular flexibility index (Phi) is 3.67. The Hall–Kier alpha value is -1.81. The molecule has 0 radical (unpaired) electrons. The van der Waals surface area contributed by atoms with Crippen LogP contribution in [0.15, 0.2) is 30.5 Å². The second kappa shape index (κ2) is 5.23. The van der Waals surface area contributed by atoms with Crippen molar-refractivity contribution in [2.24, 2.45) is 0 Å². The van der Waals surface area contributed by atoms with Gasteiger partial charge in [0.15, 0.2) is 0 Å². The first kappa shape index (κ1) is 12.6. The molecule has 0 bridgehead atoms. The first-order valence-corrected chi connectivity index (χ1v) is 5.96. The molecule has 0 fully saturated rings. The third-order valence-electron chi connectivity index (χ3n) is 2.63. The Morgan fingerprint density at radius 1 is 1.39 bits per heavy atom. The summed E-state index contributed by atoms with van der Waals surface area (Å²) in [6, 6.07) is 7.43. The van der Waals surface area contributed by atoms with E-state index in [1.807, 2.05) is 42.0 Å². The van der Waals surface area contributed by atoms with E-state index in [4.69, 9.17) is 16.7 Å². The molecule has 0 aliphatic heterocycles. The molecular formula is C13H13ClN2O2. The first-order chi connectivity index (χ1) is 8.56. The summed E-state index contributed by atoms with van der Waals surface area (Å²) < 4.78 is 1.92. The van der Waals surface area contributed by atoms with Crippen molar-refractivity contribution in [2.75, 3.05) is 0 Å². The van der Waals surface area contributed by atoms with Gasteiger partial charge in [0.25, 0.3) is 0 Å². The molecule has 0 saturated heterocycles. The molecule has 1 aromatic heterocycles. The number of benzene rings is 1. The lowest BCUT2D eigenvalue weighted by Crippen LogP contribution is -1.97. The molecule has 2 rings (SSSR count). The largest absolute Gasteiger partial charge is 0.481 e. The maximum absolute atomic E-state index is 10.5. The monoisotopic (exact) mass is 264 g/mol. The predicted molar refractivity (Wildman–Crippen MR) is 69.3 cm³/mol. The lowest BCUT2D eigenvalue weighted by atomic mass is 10.2. The zero-order chi connectivity index (χ0) is 13.1. The van der Waals surface area contributed by atoms with Crippen LogP contribution in [0.25, 0.3) is 5.69 Å². The summed E-state index contributed by atoms with van der Waals surface area (Å²) in [5.74, 6) is 0.0198. The van der Waals surface area contributed by atoms with E-state index in [0.29, 0.717) is 11.4 Å². The minimum Gasteiger partial charge on any atom is -0.481 e. The van der Waals surface area contributed by atoms with Crippen LogP contribution in [0.2, 0.25) is 5.02 Å². The molecule has 0 saturated carbocycles. The molecule has 0 unspecified atom stereocenters. The molecule has 5 heteroatoms. The van der Waals surface area contributed by atoms with Crippen LogP contribution in [0.3, 0.4) is 0 Å². The minimum atomic E-state index is -0.811. The highest BCUT2D eigenvalue weighted by Gasteiger charge is 2.07. The van der Waals surface area contributed by atoms with E-state index in [0.717, 1.165) is 17.2 Å². The van der Waals surface area contributed by atoms with Gasteiger partial charge in [0.1, 0.15) is 5.82 Å². The SMILES string of the molecule is Cc1nc(CCC(=O)O)cn1-c1ccc(Cl)cc1. The van der Waals surface area contributed by atoms with Gasteiger partial charge >= 0.3 is 5.97 Å². The Bertz CT molecular complexity index is 561. The van der Waals surface area contributed by atoms with Crippen LogP contribution in [-0.4, -0.2) is 20.6 Å². The van der Waals surface area contributed by atoms with E-state index < -0.39 is 5.97 Å². The van der Waals surface area contributed by atoms with Gasteiger partial charge in [-0.3, -0.25) is 4.79 Å². The molecule has 1 aromatic carbocycles. The molecule has 0 aliphatic carbocycles. The normalized spacial score (nSPS) is 10.6. The third-order valence-corrected chi connectivity index (χ3v) is 2.88. The Morgan fingerprint density at radius 2 is 2.06 bits per heavy atom. The van der Waals surface area contributed by atoms with Crippen molar-refractivity contribution >= 4 is 17.6 Å². The Morgan fingerprint density at radius 3 is 2.67 bits per heavy atom. The number of halogens is 1. The summed E-state index contributed by atoms with van der Waals surface area (Å²) in [4.78, 5) is 14.9. The van der Waals surface area contributed by atoms with Crippen molar-refractivity contribution in [1.29, 1.82) is 0 Å². The molecule has 1 heterocycles. The second-order valence-electron chi connectivity index (χ2n) is 4.02. The number of aromatic nitrogens is 2. The van der Waals surface area contributed by atoms with Gasteiger partial charge in [0, 0.05) is 23.3 Å². The molecule has 18 heavy (non-hydrogen) atoms. The number of aliphatic carboxylic acids is 1. The van der Waals surface area contributed by atoms with Gasteiger partial charge in [0.2, 0.25) is 0 Å². The predicted octanol–water partition coefficient (Wildman–Crippen LogP) is 2.85. The van der Waals surface area contributed by atoms with Gasteiger partial charge in [-0.05, 0) is 31.2 Å². The van der Waals surface area contributed by atoms with Gasteiger partial charge in [-0.25, -0.2) is 4.98 Å². The summed E-state index contributed by atoms with van der Waals surface area (Å²) in [7, 11) is 0. The molecule has 0 aliphatic rings. The third kappa shape index (κ3) is 2.90. The van der Waals surface area contributed by atoms with E-state index >= 15 is 0 Å².